The van der Waals surface area contributed by atoms with Crippen LogP contribution in [0.2, 0.25) is 0 Å². The van der Waals surface area contributed by atoms with Crippen molar-refractivity contribution >= 4 is 17.7 Å². The molecule has 1 aromatic carbocycles. The highest BCUT2D eigenvalue weighted by atomic mass is 32.2. The van der Waals surface area contributed by atoms with Crippen LogP contribution in [-0.4, -0.2) is 32.9 Å². The molecule has 1 atom stereocenters. The minimum atomic E-state index is 0.0259. The summed E-state index contributed by atoms with van der Waals surface area (Å²) in [5.74, 6) is 1.74. The Morgan fingerprint density at radius 1 is 1.21 bits per heavy atom. The van der Waals surface area contributed by atoms with Gasteiger partial charge >= 0.3 is 0 Å². The van der Waals surface area contributed by atoms with Crippen molar-refractivity contribution < 1.29 is 4.79 Å². The zero-order valence-electron chi connectivity index (χ0n) is 14.8. The maximum absolute atomic E-state index is 12.0. The van der Waals surface area contributed by atoms with Gasteiger partial charge in [-0.05, 0) is 32.6 Å². The molecule has 1 heterocycles. The number of H-pyrrole nitrogens is 1. The van der Waals surface area contributed by atoms with Gasteiger partial charge in [-0.3, -0.25) is 9.89 Å². The molecule has 24 heavy (non-hydrogen) atoms. The fourth-order valence-electron chi connectivity index (χ4n) is 2.25. The summed E-state index contributed by atoms with van der Waals surface area (Å²) in [6.07, 6.45) is 2.13. The molecule has 1 amide bonds. The van der Waals surface area contributed by atoms with Crippen LogP contribution in [0.25, 0.3) is 11.4 Å². The molecule has 0 radical (unpaired) electrons. The van der Waals surface area contributed by atoms with Gasteiger partial charge < -0.3 is 5.32 Å². The van der Waals surface area contributed by atoms with Gasteiger partial charge in [0, 0.05) is 11.6 Å². The van der Waals surface area contributed by atoms with E-state index in [0.29, 0.717) is 16.8 Å². The molecule has 0 spiro atoms. The number of nitrogens with zero attached hydrogens (tertiary/aromatic N) is 2. The SMILES string of the molecule is Cc1ccc(-c2nc(SCC(=O)N[C@H](C)CCC(C)C)n[nH]2)cc1. The molecule has 130 valence electrons. The normalized spacial score (nSPS) is 12.4. The monoisotopic (exact) mass is 346 g/mol. The maximum Gasteiger partial charge on any atom is 0.230 e. The summed E-state index contributed by atoms with van der Waals surface area (Å²) in [4.78, 5) is 16.4. The van der Waals surface area contributed by atoms with Gasteiger partial charge in [0.15, 0.2) is 5.82 Å². The minimum Gasteiger partial charge on any atom is -0.353 e. The van der Waals surface area contributed by atoms with Crippen molar-refractivity contribution in [2.45, 2.75) is 51.7 Å². The van der Waals surface area contributed by atoms with E-state index in [1.807, 2.05) is 38.1 Å². The Bertz CT molecular complexity index is 651. The predicted molar refractivity (Wildman–Crippen MR) is 99.0 cm³/mol. The molecule has 2 aromatic rings. The summed E-state index contributed by atoms with van der Waals surface area (Å²) >= 11 is 1.35. The third-order valence-corrected chi connectivity index (χ3v) is 4.55. The van der Waals surface area contributed by atoms with E-state index in [9.17, 15) is 4.79 Å². The lowest BCUT2D eigenvalue weighted by molar-refractivity contribution is -0.119. The maximum atomic E-state index is 12.0. The van der Waals surface area contributed by atoms with Crippen molar-refractivity contribution in [1.29, 1.82) is 0 Å². The van der Waals surface area contributed by atoms with Crippen LogP contribution in [0.3, 0.4) is 0 Å². The minimum absolute atomic E-state index is 0.0259. The standard InChI is InChI=1S/C18H26N4OS/c1-12(2)5-8-14(4)19-16(23)11-24-18-20-17(21-22-18)15-9-6-13(3)7-10-15/h6-7,9-10,12,14H,5,8,11H2,1-4H3,(H,19,23)(H,20,21,22)/t14-/m1/s1. The molecular weight excluding hydrogens is 320 g/mol. The van der Waals surface area contributed by atoms with Crippen molar-refractivity contribution in [2.24, 2.45) is 5.92 Å². The number of aryl methyl sites for hydroxylation is 1. The number of carbonyl (C=O) groups excluding carboxylic acids is 1. The average molecular weight is 346 g/mol. The fourth-order valence-corrected chi connectivity index (χ4v) is 2.86. The lowest BCUT2D eigenvalue weighted by Crippen LogP contribution is -2.34. The Balaban J connectivity index is 1.80. The average Bonchev–Trinajstić information content (AvgIpc) is 3.00. The molecule has 0 saturated carbocycles. The first kappa shape index (κ1) is 18.5. The quantitative estimate of drug-likeness (QED) is 0.713. The van der Waals surface area contributed by atoms with Crippen molar-refractivity contribution in [1.82, 2.24) is 20.5 Å². The molecule has 0 aliphatic heterocycles. The summed E-state index contributed by atoms with van der Waals surface area (Å²) in [7, 11) is 0. The van der Waals surface area contributed by atoms with E-state index in [0.717, 1.165) is 24.2 Å². The highest BCUT2D eigenvalue weighted by Crippen LogP contribution is 2.19. The molecule has 0 unspecified atom stereocenters. The van der Waals surface area contributed by atoms with Crippen molar-refractivity contribution in [2.75, 3.05) is 5.75 Å². The number of aromatic nitrogens is 3. The van der Waals surface area contributed by atoms with Gasteiger partial charge in [0.2, 0.25) is 11.1 Å². The second-order valence-electron chi connectivity index (χ2n) is 6.56. The summed E-state index contributed by atoms with van der Waals surface area (Å²) < 4.78 is 0. The van der Waals surface area contributed by atoms with Crippen LogP contribution in [0, 0.1) is 12.8 Å². The van der Waals surface area contributed by atoms with Crippen LogP contribution < -0.4 is 5.32 Å². The van der Waals surface area contributed by atoms with Crippen molar-refractivity contribution in [3.05, 3.63) is 29.8 Å². The molecule has 0 aliphatic rings. The van der Waals surface area contributed by atoms with Gasteiger partial charge in [0.1, 0.15) is 0 Å². The van der Waals surface area contributed by atoms with Gasteiger partial charge in [0.05, 0.1) is 5.75 Å². The Hall–Kier alpha value is -1.82. The number of aromatic amines is 1. The first-order valence-electron chi connectivity index (χ1n) is 8.35. The number of nitrogens with one attached hydrogen (secondary N) is 2. The first-order chi connectivity index (χ1) is 11.4. The molecule has 5 nitrogen and oxygen atoms in total. The highest BCUT2D eigenvalue weighted by molar-refractivity contribution is 7.99. The van der Waals surface area contributed by atoms with E-state index in [2.05, 4.69) is 34.3 Å². The Morgan fingerprint density at radius 2 is 1.92 bits per heavy atom. The molecule has 0 saturated heterocycles. The van der Waals surface area contributed by atoms with Crippen LogP contribution in [-0.2, 0) is 4.79 Å². The second-order valence-corrected chi connectivity index (χ2v) is 7.50. The van der Waals surface area contributed by atoms with Crippen molar-refractivity contribution in [3.8, 4) is 11.4 Å². The largest absolute Gasteiger partial charge is 0.353 e. The first-order valence-corrected chi connectivity index (χ1v) is 9.34. The van der Waals surface area contributed by atoms with Crippen LogP contribution in [0.5, 0.6) is 0 Å². The smallest absolute Gasteiger partial charge is 0.230 e. The lowest BCUT2D eigenvalue weighted by atomic mass is 10.0. The van der Waals surface area contributed by atoms with E-state index in [4.69, 9.17) is 0 Å². The Morgan fingerprint density at radius 3 is 2.58 bits per heavy atom. The number of hydrogen-bond donors (Lipinski definition) is 2. The molecule has 0 fully saturated rings. The number of amides is 1. The van der Waals surface area contributed by atoms with E-state index < -0.39 is 0 Å². The van der Waals surface area contributed by atoms with Gasteiger partial charge in [-0.25, -0.2) is 4.98 Å². The third-order valence-electron chi connectivity index (χ3n) is 3.71. The van der Waals surface area contributed by atoms with Crippen LogP contribution >= 0.6 is 11.8 Å². The topological polar surface area (TPSA) is 70.7 Å². The number of thioether (sulfide) groups is 1. The molecule has 2 rings (SSSR count). The summed E-state index contributed by atoms with van der Waals surface area (Å²) in [6.45, 7) is 8.48. The number of hydrogen-bond acceptors (Lipinski definition) is 4. The van der Waals surface area contributed by atoms with E-state index in [-0.39, 0.29) is 11.9 Å². The van der Waals surface area contributed by atoms with E-state index in [1.54, 1.807) is 0 Å². The van der Waals surface area contributed by atoms with Gasteiger partial charge in [0.25, 0.3) is 0 Å². The van der Waals surface area contributed by atoms with Crippen LogP contribution in [0.15, 0.2) is 29.4 Å². The van der Waals surface area contributed by atoms with Gasteiger partial charge in [-0.2, -0.15) is 0 Å². The zero-order chi connectivity index (χ0) is 17.5. The van der Waals surface area contributed by atoms with Crippen molar-refractivity contribution in [3.63, 3.8) is 0 Å². The van der Waals surface area contributed by atoms with E-state index in [1.165, 1.54) is 17.3 Å². The van der Waals surface area contributed by atoms with Gasteiger partial charge in [-0.1, -0.05) is 55.4 Å². The molecule has 1 aromatic heterocycles. The number of benzene rings is 1. The molecule has 0 aliphatic carbocycles. The van der Waals surface area contributed by atoms with Crippen LogP contribution in [0.4, 0.5) is 0 Å². The molecule has 2 N–H and O–H groups in total. The molecule has 6 heteroatoms. The summed E-state index contributed by atoms with van der Waals surface area (Å²) in [5.41, 5.74) is 2.20. The lowest BCUT2D eigenvalue weighted by Gasteiger charge is -2.14. The Labute approximate surface area is 148 Å². The molecular formula is C18H26N4OS. The van der Waals surface area contributed by atoms with E-state index >= 15 is 0 Å². The van der Waals surface area contributed by atoms with Crippen LogP contribution in [0.1, 0.15) is 39.2 Å². The number of carbonyl (C=O) groups is 1. The number of rotatable bonds is 8. The Kier molecular flexibility index (Phi) is 6.85. The zero-order valence-corrected chi connectivity index (χ0v) is 15.6. The second kappa shape index (κ2) is 8.87. The molecule has 0 bridgehead atoms. The fraction of sp³-hybridized carbons (Fsp3) is 0.500. The van der Waals surface area contributed by atoms with Gasteiger partial charge in [-0.15, -0.1) is 5.10 Å². The third kappa shape index (κ3) is 6.00. The highest BCUT2D eigenvalue weighted by Gasteiger charge is 2.11. The summed E-state index contributed by atoms with van der Waals surface area (Å²) in [5, 5.41) is 10.7. The predicted octanol–water partition coefficient (Wildman–Crippen LogP) is 3.81. The summed E-state index contributed by atoms with van der Waals surface area (Å²) in [6, 6.07) is 8.30.